The maximum absolute atomic E-state index is 10.7. The minimum atomic E-state index is -4.72. The van der Waals surface area contributed by atoms with Crippen LogP contribution in [0.3, 0.4) is 0 Å². The summed E-state index contributed by atoms with van der Waals surface area (Å²) in [7, 11) is -4.72. The van der Waals surface area contributed by atoms with Gasteiger partial charge >= 0.3 is 7.82 Å². The third kappa shape index (κ3) is 5.63. The van der Waals surface area contributed by atoms with Gasteiger partial charge in [-0.05, 0) is 0 Å². The summed E-state index contributed by atoms with van der Waals surface area (Å²) in [6.07, 6.45) is -3.91. The zero-order valence-electron chi connectivity index (χ0n) is 21.3. The number of imidazole rings is 2. The molecule has 4 aromatic heterocycles. The van der Waals surface area contributed by atoms with E-state index in [-0.39, 0.29) is 17.3 Å². The van der Waals surface area contributed by atoms with Crippen LogP contribution in [0.5, 0.6) is 0 Å². The zero-order chi connectivity index (χ0) is 30.3. The molecule has 6 heterocycles. The van der Waals surface area contributed by atoms with Crippen molar-refractivity contribution in [1.29, 1.82) is 0 Å². The van der Waals surface area contributed by atoms with Crippen molar-refractivity contribution in [3.8, 4) is 0 Å². The number of phosphoric ester groups is 1. The van der Waals surface area contributed by atoms with Gasteiger partial charge in [-0.2, -0.15) is 0 Å². The van der Waals surface area contributed by atoms with E-state index in [1.165, 1.54) is 34.4 Å². The standard InChI is InChI=1S/C10H14N5O7P.C10H13N5O4/c11-8-5-9(13-2-12-8)15(3-14-5)10-7(17)6(16)4(22-10)1-21-23(18,19)20;11-8-5-9(13-2-12-8)15(3-14-5)10-7(18)6(17)4(1-16)19-10/h2-4,6-7,10,16-17H,1H2,(H2,11,12,13)(H2,18,19,20);2-4,6-7,10,16-18H,1H2,(H2,11,12,13). The number of ether oxygens (including phenoxy) is 2. The van der Waals surface area contributed by atoms with Crippen LogP contribution >= 0.6 is 7.82 Å². The van der Waals surface area contributed by atoms with Crippen LogP contribution in [0.1, 0.15) is 12.5 Å². The summed E-state index contributed by atoms with van der Waals surface area (Å²) in [4.78, 5) is 41.1. The van der Waals surface area contributed by atoms with E-state index >= 15 is 0 Å². The second-order valence-corrected chi connectivity index (χ2v) is 10.5. The fourth-order valence-corrected chi connectivity index (χ4v) is 4.83. The molecule has 228 valence electrons. The van der Waals surface area contributed by atoms with E-state index < -0.39 is 70.1 Å². The number of fused-ring (bicyclic) bond motifs is 2. The zero-order valence-corrected chi connectivity index (χ0v) is 22.2. The molecule has 0 amide bonds. The van der Waals surface area contributed by atoms with E-state index in [4.69, 9.17) is 35.8 Å². The van der Waals surface area contributed by atoms with Crippen LogP contribution in [0, 0.1) is 0 Å². The van der Waals surface area contributed by atoms with E-state index in [2.05, 4.69) is 34.4 Å². The van der Waals surface area contributed by atoms with Gasteiger partial charge in [0.05, 0.1) is 25.9 Å². The molecular weight excluding hydrogens is 587 g/mol. The van der Waals surface area contributed by atoms with Crippen LogP contribution in [0.25, 0.3) is 22.3 Å². The quantitative estimate of drug-likeness (QED) is 0.0938. The fourth-order valence-electron chi connectivity index (χ4n) is 4.49. The Labute approximate surface area is 234 Å². The Morgan fingerprint density at radius 2 is 1.21 bits per heavy atom. The molecule has 22 heteroatoms. The topological polar surface area (TPSA) is 326 Å². The van der Waals surface area contributed by atoms with Gasteiger partial charge in [0.15, 0.2) is 35.4 Å². The van der Waals surface area contributed by atoms with Crippen molar-refractivity contribution in [2.24, 2.45) is 0 Å². The third-order valence-corrected chi connectivity index (χ3v) is 7.07. The second-order valence-electron chi connectivity index (χ2n) is 9.23. The molecule has 0 spiro atoms. The second kappa shape index (κ2) is 11.7. The summed E-state index contributed by atoms with van der Waals surface area (Å²) in [5.41, 5.74) is 12.7. The lowest BCUT2D eigenvalue weighted by Gasteiger charge is -2.16. The first-order valence-electron chi connectivity index (χ1n) is 12.1. The SMILES string of the molecule is Nc1ncnc2c1ncn2C1OC(CO)C(O)C1O.Nc1ncnc2c1ncn2C1OC(COP(=O)(O)O)C(O)C1O. The minimum absolute atomic E-state index is 0.142. The van der Waals surface area contributed by atoms with Crippen molar-refractivity contribution in [2.75, 3.05) is 24.7 Å². The first kappa shape index (κ1) is 30.0. The van der Waals surface area contributed by atoms with Gasteiger partial charge in [-0.1, -0.05) is 0 Å². The van der Waals surface area contributed by atoms with E-state index in [0.29, 0.717) is 16.7 Å². The molecule has 11 N–H and O–H groups in total. The highest BCUT2D eigenvalue weighted by molar-refractivity contribution is 7.46. The molecule has 0 aromatic carbocycles. The molecule has 4 aromatic rings. The Hall–Kier alpha value is -3.47. The average Bonchev–Trinajstić information content (AvgIpc) is 3.70. The van der Waals surface area contributed by atoms with Gasteiger partial charge < -0.3 is 56.3 Å². The summed E-state index contributed by atoms with van der Waals surface area (Å²) in [5, 5.41) is 48.8. The van der Waals surface area contributed by atoms with Gasteiger partial charge in [-0.15, -0.1) is 0 Å². The molecule has 0 saturated carbocycles. The maximum atomic E-state index is 10.7. The molecular formula is C20H27N10O11P. The number of aromatic nitrogens is 8. The summed E-state index contributed by atoms with van der Waals surface area (Å²) in [6.45, 7) is -0.985. The molecule has 6 rings (SSSR count). The van der Waals surface area contributed by atoms with Crippen LogP contribution in [0.15, 0.2) is 25.3 Å². The Balaban J connectivity index is 0.000000171. The van der Waals surface area contributed by atoms with Crippen molar-refractivity contribution < 1.29 is 53.9 Å². The van der Waals surface area contributed by atoms with E-state index in [0.717, 1.165) is 0 Å². The molecule has 0 aliphatic carbocycles. The third-order valence-electron chi connectivity index (χ3n) is 6.58. The van der Waals surface area contributed by atoms with Gasteiger partial charge in [0.1, 0.15) is 60.3 Å². The number of aliphatic hydroxyl groups is 5. The molecule has 21 nitrogen and oxygen atoms in total. The largest absolute Gasteiger partial charge is 0.469 e. The number of hydrogen-bond acceptors (Lipinski definition) is 17. The van der Waals surface area contributed by atoms with E-state index in [9.17, 15) is 25.0 Å². The molecule has 0 radical (unpaired) electrons. The van der Waals surface area contributed by atoms with Crippen molar-refractivity contribution in [1.82, 2.24) is 39.0 Å². The highest BCUT2D eigenvalue weighted by Gasteiger charge is 2.45. The number of nitrogen functional groups attached to an aromatic ring is 2. The molecule has 8 unspecified atom stereocenters. The molecule has 2 aliphatic rings. The van der Waals surface area contributed by atoms with Crippen LogP contribution in [-0.4, -0.2) is 124 Å². The van der Waals surface area contributed by atoms with E-state index in [1.807, 2.05) is 0 Å². The smallest absolute Gasteiger partial charge is 0.394 e. The monoisotopic (exact) mass is 614 g/mol. The summed E-state index contributed by atoms with van der Waals surface area (Å²) in [5.74, 6) is 0.360. The Morgan fingerprint density at radius 1 is 0.762 bits per heavy atom. The number of nitrogens with two attached hydrogens (primary N) is 2. The highest BCUT2D eigenvalue weighted by atomic mass is 31.2. The molecule has 42 heavy (non-hydrogen) atoms. The molecule has 2 aliphatic heterocycles. The predicted molar refractivity (Wildman–Crippen MR) is 136 cm³/mol. The van der Waals surface area contributed by atoms with Crippen LogP contribution in [-0.2, 0) is 18.6 Å². The average molecular weight is 614 g/mol. The van der Waals surface area contributed by atoms with Crippen molar-refractivity contribution >= 4 is 41.8 Å². The number of anilines is 2. The van der Waals surface area contributed by atoms with Gasteiger partial charge in [0.2, 0.25) is 0 Å². The lowest BCUT2D eigenvalue weighted by molar-refractivity contribution is -0.0511. The number of phosphoric acid groups is 1. The molecule has 2 fully saturated rings. The lowest BCUT2D eigenvalue weighted by atomic mass is 10.1. The number of nitrogens with zero attached hydrogens (tertiary/aromatic N) is 8. The predicted octanol–water partition coefficient (Wildman–Crippen LogP) is -3.84. The van der Waals surface area contributed by atoms with Gasteiger partial charge in [0, 0.05) is 0 Å². The van der Waals surface area contributed by atoms with Gasteiger partial charge in [0.25, 0.3) is 0 Å². The van der Waals surface area contributed by atoms with Crippen molar-refractivity contribution in [3.05, 3.63) is 25.3 Å². The number of rotatable bonds is 6. The summed E-state index contributed by atoms with van der Waals surface area (Å²) < 4.78 is 28.7. The van der Waals surface area contributed by atoms with Gasteiger partial charge in [-0.25, -0.2) is 34.5 Å². The van der Waals surface area contributed by atoms with E-state index in [1.54, 1.807) is 0 Å². The van der Waals surface area contributed by atoms with Crippen LogP contribution < -0.4 is 11.5 Å². The Morgan fingerprint density at radius 3 is 1.64 bits per heavy atom. The van der Waals surface area contributed by atoms with Crippen molar-refractivity contribution in [2.45, 2.75) is 49.1 Å². The molecule has 0 bridgehead atoms. The molecule has 8 atom stereocenters. The van der Waals surface area contributed by atoms with Crippen LogP contribution in [0.4, 0.5) is 11.6 Å². The number of aliphatic hydroxyl groups excluding tert-OH is 5. The summed E-state index contributed by atoms with van der Waals surface area (Å²) >= 11 is 0. The normalized spacial score (nSPS) is 29.7. The highest BCUT2D eigenvalue weighted by Crippen LogP contribution is 2.39. The first-order chi connectivity index (χ1) is 19.9. The Bertz CT molecular complexity index is 1600. The maximum Gasteiger partial charge on any atom is 0.469 e. The molecule has 2 saturated heterocycles. The number of hydrogen-bond donors (Lipinski definition) is 9. The Kier molecular flexibility index (Phi) is 8.33. The first-order valence-corrected chi connectivity index (χ1v) is 13.6. The van der Waals surface area contributed by atoms with Crippen LogP contribution in [0.2, 0.25) is 0 Å². The summed E-state index contributed by atoms with van der Waals surface area (Å²) in [6, 6.07) is 0. The van der Waals surface area contributed by atoms with Crippen molar-refractivity contribution in [3.63, 3.8) is 0 Å². The lowest BCUT2D eigenvalue weighted by Crippen LogP contribution is -2.33. The van der Waals surface area contributed by atoms with Gasteiger partial charge in [-0.3, -0.25) is 13.7 Å². The minimum Gasteiger partial charge on any atom is -0.394 e. The fraction of sp³-hybridized carbons (Fsp3) is 0.500.